The van der Waals surface area contributed by atoms with E-state index >= 15 is 0 Å². The summed E-state index contributed by atoms with van der Waals surface area (Å²) in [6, 6.07) is 0. The maximum atomic E-state index is 11.8. The number of allylic oxidation sites excluding steroid dienone is 2. The third-order valence-corrected chi connectivity index (χ3v) is 1.90. The van der Waals surface area contributed by atoms with Gasteiger partial charge >= 0.3 is 6.18 Å². The molecule has 88 valence electrons. The highest BCUT2D eigenvalue weighted by atomic mass is 19.4. The summed E-state index contributed by atoms with van der Waals surface area (Å²) >= 11 is 0. The average Bonchev–Trinajstić information content (AvgIpc) is 2.43. The van der Waals surface area contributed by atoms with E-state index in [4.69, 9.17) is 0 Å². The maximum absolute atomic E-state index is 11.8. The zero-order chi connectivity index (χ0) is 12.3. The minimum atomic E-state index is -4.28. The van der Waals surface area contributed by atoms with Crippen molar-refractivity contribution in [2.75, 3.05) is 0 Å². The standard InChI is InChI=1S/C10H11F3N2O/c1-7-8(6-15(2)14-7)9(16)4-3-5-10(11,12)13/h3-4,6H,5H2,1-2H3/b4-3+. The van der Waals surface area contributed by atoms with Crippen LogP contribution >= 0.6 is 0 Å². The first-order valence-corrected chi connectivity index (χ1v) is 4.57. The van der Waals surface area contributed by atoms with Crippen LogP contribution in [0.25, 0.3) is 0 Å². The van der Waals surface area contributed by atoms with Crippen molar-refractivity contribution in [3.63, 3.8) is 0 Å². The van der Waals surface area contributed by atoms with Gasteiger partial charge < -0.3 is 0 Å². The van der Waals surface area contributed by atoms with Gasteiger partial charge in [0.1, 0.15) is 0 Å². The first kappa shape index (κ1) is 12.5. The number of alkyl halides is 3. The van der Waals surface area contributed by atoms with Gasteiger partial charge in [-0.05, 0) is 13.0 Å². The Balaban J connectivity index is 2.70. The van der Waals surface area contributed by atoms with Crippen molar-refractivity contribution in [1.29, 1.82) is 0 Å². The van der Waals surface area contributed by atoms with E-state index in [-0.39, 0.29) is 0 Å². The Morgan fingerprint density at radius 1 is 1.56 bits per heavy atom. The molecular formula is C10H11F3N2O. The molecule has 0 aromatic carbocycles. The van der Waals surface area contributed by atoms with Crippen LogP contribution in [0.2, 0.25) is 0 Å². The molecule has 0 aliphatic heterocycles. The van der Waals surface area contributed by atoms with Crippen molar-refractivity contribution in [1.82, 2.24) is 9.78 Å². The molecule has 0 atom stereocenters. The van der Waals surface area contributed by atoms with E-state index in [1.54, 1.807) is 14.0 Å². The second-order valence-electron chi connectivity index (χ2n) is 3.39. The molecule has 0 amide bonds. The molecule has 0 unspecified atom stereocenters. The van der Waals surface area contributed by atoms with Gasteiger partial charge in [0, 0.05) is 13.2 Å². The molecule has 6 heteroatoms. The Labute approximate surface area is 90.6 Å². The fourth-order valence-electron chi connectivity index (χ4n) is 1.23. The van der Waals surface area contributed by atoms with E-state index in [1.165, 1.54) is 10.9 Å². The van der Waals surface area contributed by atoms with Crippen molar-refractivity contribution in [2.45, 2.75) is 19.5 Å². The number of aromatic nitrogens is 2. The Bertz CT molecular complexity index is 418. The largest absolute Gasteiger partial charge is 0.392 e. The number of nitrogens with zero attached hydrogens (tertiary/aromatic N) is 2. The zero-order valence-electron chi connectivity index (χ0n) is 8.88. The lowest BCUT2D eigenvalue weighted by Crippen LogP contribution is -2.05. The van der Waals surface area contributed by atoms with E-state index in [9.17, 15) is 18.0 Å². The summed E-state index contributed by atoms with van der Waals surface area (Å²) in [5.41, 5.74) is 0.824. The van der Waals surface area contributed by atoms with Gasteiger partial charge in [-0.15, -0.1) is 0 Å². The predicted molar refractivity (Wildman–Crippen MR) is 52.1 cm³/mol. The van der Waals surface area contributed by atoms with Gasteiger partial charge in [0.25, 0.3) is 0 Å². The number of aryl methyl sites for hydroxylation is 2. The fraction of sp³-hybridized carbons (Fsp3) is 0.400. The van der Waals surface area contributed by atoms with Crippen molar-refractivity contribution >= 4 is 5.78 Å². The van der Waals surface area contributed by atoms with Gasteiger partial charge in [0.2, 0.25) is 0 Å². The topological polar surface area (TPSA) is 34.9 Å². The molecule has 0 N–H and O–H groups in total. The number of hydrogen-bond acceptors (Lipinski definition) is 2. The lowest BCUT2D eigenvalue weighted by molar-refractivity contribution is -0.125. The zero-order valence-corrected chi connectivity index (χ0v) is 8.88. The second kappa shape index (κ2) is 4.51. The van der Waals surface area contributed by atoms with Crippen LogP contribution in [0.4, 0.5) is 13.2 Å². The molecule has 1 heterocycles. The van der Waals surface area contributed by atoms with E-state index in [0.29, 0.717) is 11.3 Å². The highest BCUT2D eigenvalue weighted by Gasteiger charge is 2.24. The van der Waals surface area contributed by atoms with Crippen LogP contribution < -0.4 is 0 Å². The van der Waals surface area contributed by atoms with Crippen LogP contribution in [0.15, 0.2) is 18.3 Å². The summed E-state index contributed by atoms with van der Waals surface area (Å²) in [4.78, 5) is 11.5. The van der Waals surface area contributed by atoms with Gasteiger partial charge in [-0.2, -0.15) is 18.3 Å². The number of halogens is 3. The summed E-state index contributed by atoms with van der Waals surface area (Å²) in [5, 5.41) is 3.93. The van der Waals surface area contributed by atoms with Crippen LogP contribution in [0.5, 0.6) is 0 Å². The minimum absolute atomic E-state index is 0.320. The van der Waals surface area contributed by atoms with Crippen LogP contribution in [0.1, 0.15) is 22.5 Å². The highest BCUT2D eigenvalue weighted by Crippen LogP contribution is 2.19. The first-order chi connectivity index (χ1) is 7.29. The Morgan fingerprint density at radius 3 is 2.62 bits per heavy atom. The van der Waals surface area contributed by atoms with Gasteiger partial charge in [0.15, 0.2) is 5.78 Å². The highest BCUT2D eigenvalue weighted by molar-refractivity contribution is 6.05. The van der Waals surface area contributed by atoms with E-state index in [0.717, 1.165) is 12.2 Å². The number of rotatable bonds is 3. The van der Waals surface area contributed by atoms with Crippen molar-refractivity contribution in [3.8, 4) is 0 Å². The molecule has 3 nitrogen and oxygen atoms in total. The van der Waals surface area contributed by atoms with Crippen LogP contribution in [0.3, 0.4) is 0 Å². The number of hydrogen-bond donors (Lipinski definition) is 0. The second-order valence-corrected chi connectivity index (χ2v) is 3.39. The molecule has 0 saturated heterocycles. The average molecular weight is 232 g/mol. The maximum Gasteiger partial charge on any atom is 0.392 e. The van der Waals surface area contributed by atoms with E-state index in [1.807, 2.05) is 0 Å². The normalized spacial score (nSPS) is 12.3. The van der Waals surface area contributed by atoms with Gasteiger partial charge in [-0.1, -0.05) is 6.08 Å². The SMILES string of the molecule is Cc1nn(C)cc1C(=O)/C=C/CC(F)(F)F. The summed E-state index contributed by atoms with van der Waals surface area (Å²) < 4.78 is 36.9. The number of ketones is 1. The molecule has 0 radical (unpaired) electrons. The van der Waals surface area contributed by atoms with Gasteiger partial charge in [0.05, 0.1) is 17.7 Å². The molecule has 1 aromatic rings. The molecule has 0 fully saturated rings. The fourth-order valence-corrected chi connectivity index (χ4v) is 1.23. The summed E-state index contributed by atoms with van der Waals surface area (Å²) in [5.74, 6) is -0.463. The van der Waals surface area contributed by atoms with E-state index in [2.05, 4.69) is 5.10 Å². The van der Waals surface area contributed by atoms with Crippen molar-refractivity contribution in [3.05, 3.63) is 29.6 Å². The first-order valence-electron chi connectivity index (χ1n) is 4.57. The lowest BCUT2D eigenvalue weighted by Gasteiger charge is -1.99. The third kappa shape index (κ3) is 3.52. The molecule has 0 aliphatic rings. The lowest BCUT2D eigenvalue weighted by atomic mass is 10.1. The van der Waals surface area contributed by atoms with Crippen LogP contribution in [-0.4, -0.2) is 21.7 Å². The molecule has 0 aliphatic carbocycles. The molecule has 1 aromatic heterocycles. The molecular weight excluding hydrogens is 221 g/mol. The monoisotopic (exact) mass is 232 g/mol. The molecule has 0 saturated carbocycles. The van der Waals surface area contributed by atoms with Gasteiger partial charge in [-0.25, -0.2) is 0 Å². The predicted octanol–water partition coefficient (Wildman–Crippen LogP) is 2.42. The Kier molecular flexibility index (Phi) is 3.51. The summed E-state index contributed by atoms with van der Waals surface area (Å²) in [6.07, 6.45) is -2.15. The van der Waals surface area contributed by atoms with Crippen LogP contribution in [0, 0.1) is 6.92 Å². The Hall–Kier alpha value is -1.59. The molecule has 16 heavy (non-hydrogen) atoms. The third-order valence-electron chi connectivity index (χ3n) is 1.90. The Morgan fingerprint density at radius 2 is 2.19 bits per heavy atom. The number of carbonyl (C=O) groups excluding carboxylic acids is 1. The van der Waals surface area contributed by atoms with Crippen molar-refractivity contribution < 1.29 is 18.0 Å². The summed E-state index contributed by atoms with van der Waals surface area (Å²) in [6.45, 7) is 1.63. The smallest absolute Gasteiger partial charge is 0.289 e. The summed E-state index contributed by atoms with van der Waals surface area (Å²) in [7, 11) is 1.64. The molecule has 0 bridgehead atoms. The van der Waals surface area contributed by atoms with Crippen molar-refractivity contribution in [2.24, 2.45) is 7.05 Å². The minimum Gasteiger partial charge on any atom is -0.289 e. The molecule has 1 rings (SSSR count). The quantitative estimate of drug-likeness (QED) is 0.592. The number of carbonyl (C=O) groups is 1. The van der Waals surface area contributed by atoms with Crippen LogP contribution in [-0.2, 0) is 7.05 Å². The van der Waals surface area contributed by atoms with E-state index < -0.39 is 18.4 Å². The molecule has 0 spiro atoms. The van der Waals surface area contributed by atoms with Gasteiger partial charge in [-0.3, -0.25) is 9.48 Å².